The number of rotatable bonds is 5. The van der Waals surface area contributed by atoms with Gasteiger partial charge in [0.25, 0.3) is 0 Å². The summed E-state index contributed by atoms with van der Waals surface area (Å²) < 4.78 is 1.83. The Hall–Kier alpha value is -3.55. The highest BCUT2D eigenvalue weighted by Gasteiger charge is 2.40. The number of carbonyl (C=O) groups is 2. The van der Waals surface area contributed by atoms with Gasteiger partial charge in [0.2, 0.25) is 11.8 Å². The van der Waals surface area contributed by atoms with Crippen molar-refractivity contribution in [2.45, 2.75) is 38.4 Å². The lowest BCUT2D eigenvalue weighted by Crippen LogP contribution is -2.44. The van der Waals surface area contributed by atoms with Gasteiger partial charge in [-0.15, -0.1) is 0 Å². The molecule has 1 unspecified atom stereocenters. The van der Waals surface area contributed by atoms with Crippen molar-refractivity contribution in [2.24, 2.45) is 0 Å². The van der Waals surface area contributed by atoms with Crippen molar-refractivity contribution >= 4 is 40.9 Å². The van der Waals surface area contributed by atoms with Crippen molar-refractivity contribution in [1.29, 1.82) is 0 Å². The minimum absolute atomic E-state index is 0.165. The molecular formula is C29H27ClN4O2S. The standard InChI is InChI=1S/C29H27ClN4O2S/c1-18-9-12-21(13-10-18)16-31-28(36)27-26-20(3)32-34(22-7-5-4-6-8-22)29(26)37-17-25(35)33(27)23-14-11-19(2)24(30)15-23/h4-15,27H,16-17H2,1-3H3,(H,31,36). The molecule has 1 aromatic heterocycles. The van der Waals surface area contributed by atoms with E-state index in [1.807, 2.05) is 92.2 Å². The smallest absolute Gasteiger partial charge is 0.248 e. The van der Waals surface area contributed by atoms with Crippen LogP contribution in [-0.4, -0.2) is 27.3 Å². The summed E-state index contributed by atoms with van der Waals surface area (Å²) in [5.74, 6) is -0.279. The topological polar surface area (TPSA) is 67.2 Å². The molecule has 2 amide bonds. The number of fused-ring (bicyclic) bond motifs is 1. The Morgan fingerprint density at radius 2 is 1.76 bits per heavy atom. The molecule has 37 heavy (non-hydrogen) atoms. The van der Waals surface area contributed by atoms with E-state index in [-0.39, 0.29) is 17.6 Å². The molecule has 0 saturated carbocycles. The number of nitrogens with zero attached hydrogens (tertiary/aromatic N) is 3. The number of para-hydroxylation sites is 1. The zero-order valence-corrected chi connectivity index (χ0v) is 22.4. The number of carbonyl (C=O) groups excluding carboxylic acids is 2. The Labute approximate surface area is 225 Å². The van der Waals surface area contributed by atoms with E-state index in [1.165, 1.54) is 11.8 Å². The Bertz CT molecular complexity index is 1470. The second kappa shape index (κ2) is 10.4. The Morgan fingerprint density at radius 1 is 1.03 bits per heavy atom. The molecule has 0 spiro atoms. The van der Waals surface area contributed by atoms with E-state index in [2.05, 4.69) is 5.32 Å². The van der Waals surface area contributed by atoms with Crippen LogP contribution in [0.1, 0.15) is 34.0 Å². The number of benzene rings is 3. The highest BCUT2D eigenvalue weighted by Crippen LogP contribution is 2.41. The van der Waals surface area contributed by atoms with Gasteiger partial charge in [0, 0.05) is 22.8 Å². The highest BCUT2D eigenvalue weighted by molar-refractivity contribution is 8.00. The van der Waals surface area contributed by atoms with Crippen molar-refractivity contribution in [1.82, 2.24) is 15.1 Å². The van der Waals surface area contributed by atoms with E-state index >= 15 is 0 Å². The van der Waals surface area contributed by atoms with Gasteiger partial charge in [-0.3, -0.25) is 14.5 Å². The Kier molecular flexibility index (Phi) is 7.09. The van der Waals surface area contributed by atoms with Crippen molar-refractivity contribution in [3.8, 4) is 5.69 Å². The second-order valence-corrected chi connectivity index (χ2v) is 10.5. The maximum Gasteiger partial charge on any atom is 0.248 e. The molecule has 0 aliphatic carbocycles. The first-order valence-electron chi connectivity index (χ1n) is 12.0. The minimum Gasteiger partial charge on any atom is -0.350 e. The van der Waals surface area contributed by atoms with E-state index in [1.54, 1.807) is 11.0 Å². The van der Waals surface area contributed by atoms with Crippen LogP contribution in [0.25, 0.3) is 5.69 Å². The summed E-state index contributed by atoms with van der Waals surface area (Å²) >= 11 is 7.86. The lowest BCUT2D eigenvalue weighted by Gasteiger charge is -2.30. The minimum atomic E-state index is -0.904. The number of amides is 2. The highest BCUT2D eigenvalue weighted by atomic mass is 35.5. The molecule has 2 heterocycles. The Morgan fingerprint density at radius 3 is 2.46 bits per heavy atom. The van der Waals surface area contributed by atoms with Crippen LogP contribution in [0.2, 0.25) is 5.02 Å². The van der Waals surface area contributed by atoms with Crippen LogP contribution in [0, 0.1) is 20.8 Å². The molecule has 1 aliphatic heterocycles. The van der Waals surface area contributed by atoms with Gasteiger partial charge in [0.05, 0.1) is 17.1 Å². The average Bonchev–Trinajstić information content (AvgIpc) is 3.13. The van der Waals surface area contributed by atoms with E-state index in [9.17, 15) is 9.59 Å². The molecule has 8 heteroatoms. The molecule has 0 radical (unpaired) electrons. The van der Waals surface area contributed by atoms with Crippen LogP contribution in [0.4, 0.5) is 5.69 Å². The molecule has 0 bridgehead atoms. The van der Waals surface area contributed by atoms with Crippen LogP contribution in [-0.2, 0) is 16.1 Å². The number of thioether (sulfide) groups is 1. The molecule has 3 aromatic carbocycles. The lowest BCUT2D eigenvalue weighted by atomic mass is 10.0. The zero-order chi connectivity index (χ0) is 26.1. The number of halogens is 1. The fraction of sp³-hybridized carbons (Fsp3) is 0.207. The summed E-state index contributed by atoms with van der Waals surface area (Å²) in [4.78, 5) is 29.1. The van der Waals surface area contributed by atoms with Crippen LogP contribution >= 0.6 is 23.4 Å². The van der Waals surface area contributed by atoms with Gasteiger partial charge in [-0.25, -0.2) is 4.68 Å². The summed E-state index contributed by atoms with van der Waals surface area (Å²) in [5, 5.41) is 9.19. The summed E-state index contributed by atoms with van der Waals surface area (Å²) in [7, 11) is 0. The van der Waals surface area contributed by atoms with E-state index in [4.69, 9.17) is 16.7 Å². The zero-order valence-electron chi connectivity index (χ0n) is 20.9. The molecule has 5 rings (SSSR count). The van der Waals surface area contributed by atoms with Gasteiger partial charge in [0.1, 0.15) is 11.1 Å². The predicted molar refractivity (Wildman–Crippen MR) is 148 cm³/mol. The molecule has 1 atom stereocenters. The van der Waals surface area contributed by atoms with Gasteiger partial charge < -0.3 is 5.32 Å². The summed E-state index contributed by atoms with van der Waals surface area (Å²) in [6.45, 7) is 6.16. The first kappa shape index (κ1) is 25.1. The van der Waals surface area contributed by atoms with Crippen molar-refractivity contribution in [3.63, 3.8) is 0 Å². The third kappa shape index (κ3) is 5.02. The van der Waals surface area contributed by atoms with Gasteiger partial charge in [-0.05, 0) is 56.2 Å². The van der Waals surface area contributed by atoms with E-state index in [0.717, 1.165) is 33.0 Å². The van der Waals surface area contributed by atoms with Crippen molar-refractivity contribution < 1.29 is 9.59 Å². The average molecular weight is 531 g/mol. The first-order valence-corrected chi connectivity index (χ1v) is 13.4. The van der Waals surface area contributed by atoms with Gasteiger partial charge in [-0.1, -0.05) is 77.5 Å². The second-order valence-electron chi connectivity index (χ2n) is 9.14. The van der Waals surface area contributed by atoms with Crippen molar-refractivity contribution in [2.75, 3.05) is 10.7 Å². The SMILES string of the molecule is Cc1ccc(CNC(=O)C2c3c(C)nn(-c4ccccc4)c3SCC(=O)N2c2ccc(C)c(Cl)c2)cc1. The summed E-state index contributed by atoms with van der Waals surface area (Å²) in [6.07, 6.45) is 0. The maximum atomic E-state index is 13.9. The van der Waals surface area contributed by atoms with Crippen LogP contribution < -0.4 is 10.2 Å². The molecule has 0 fully saturated rings. The summed E-state index contributed by atoms with van der Waals surface area (Å²) in [5.41, 5.74) is 5.90. The Balaban J connectivity index is 1.61. The molecular weight excluding hydrogens is 504 g/mol. The van der Waals surface area contributed by atoms with Crippen LogP contribution in [0.3, 0.4) is 0 Å². The lowest BCUT2D eigenvalue weighted by molar-refractivity contribution is -0.126. The molecule has 4 aromatic rings. The first-order chi connectivity index (χ1) is 17.8. The molecule has 188 valence electrons. The number of aryl methyl sites for hydroxylation is 3. The van der Waals surface area contributed by atoms with E-state index < -0.39 is 6.04 Å². The fourth-order valence-corrected chi connectivity index (χ4v) is 5.71. The fourth-order valence-electron chi connectivity index (χ4n) is 4.45. The predicted octanol–water partition coefficient (Wildman–Crippen LogP) is 5.95. The van der Waals surface area contributed by atoms with Gasteiger partial charge in [0.15, 0.2) is 0 Å². The van der Waals surface area contributed by atoms with E-state index in [0.29, 0.717) is 22.9 Å². The normalized spacial score (nSPS) is 15.3. The number of aromatic nitrogens is 2. The molecule has 1 aliphatic rings. The third-order valence-corrected chi connectivity index (χ3v) is 7.93. The molecule has 1 N–H and O–H groups in total. The van der Waals surface area contributed by atoms with Crippen LogP contribution in [0.5, 0.6) is 0 Å². The largest absolute Gasteiger partial charge is 0.350 e. The molecule has 0 saturated heterocycles. The third-order valence-electron chi connectivity index (χ3n) is 6.47. The number of anilines is 1. The summed E-state index contributed by atoms with van der Waals surface area (Å²) in [6, 6.07) is 22.3. The van der Waals surface area contributed by atoms with Crippen LogP contribution in [0.15, 0.2) is 77.8 Å². The van der Waals surface area contributed by atoms with Crippen molar-refractivity contribution in [3.05, 3.63) is 106 Å². The quantitative estimate of drug-likeness (QED) is 0.346. The molecule has 6 nitrogen and oxygen atoms in total. The number of nitrogens with one attached hydrogen (secondary N) is 1. The van der Waals surface area contributed by atoms with Gasteiger partial charge >= 0.3 is 0 Å². The maximum absolute atomic E-state index is 13.9. The monoisotopic (exact) mass is 530 g/mol. The van der Waals surface area contributed by atoms with Gasteiger partial charge in [-0.2, -0.15) is 5.10 Å². The number of hydrogen-bond donors (Lipinski definition) is 1. The number of hydrogen-bond acceptors (Lipinski definition) is 4.